The smallest absolute Gasteiger partial charge is 0.413 e. The third-order valence-corrected chi connectivity index (χ3v) is 1.66. The van der Waals surface area contributed by atoms with Crippen LogP contribution < -0.4 is 5.32 Å². The van der Waals surface area contributed by atoms with Crippen molar-refractivity contribution >= 4 is 17.9 Å². The van der Waals surface area contributed by atoms with Gasteiger partial charge in [0.05, 0.1) is 0 Å². The van der Waals surface area contributed by atoms with Crippen molar-refractivity contribution in [2.24, 2.45) is 7.05 Å². The average molecular weight is 225 g/mol. The first-order valence-corrected chi connectivity index (χ1v) is 4.36. The molecule has 7 nitrogen and oxygen atoms in total. The first-order chi connectivity index (χ1) is 7.54. The zero-order valence-corrected chi connectivity index (χ0v) is 8.64. The minimum atomic E-state index is -1.12. The van der Waals surface area contributed by atoms with Crippen LogP contribution in [0.4, 0.5) is 10.6 Å². The van der Waals surface area contributed by atoms with Crippen LogP contribution in [-0.4, -0.2) is 33.6 Å². The molecule has 0 radical (unpaired) electrons. The van der Waals surface area contributed by atoms with Crippen molar-refractivity contribution in [1.82, 2.24) is 9.78 Å². The number of amides is 1. The van der Waals surface area contributed by atoms with Gasteiger partial charge in [-0.2, -0.15) is 5.10 Å². The van der Waals surface area contributed by atoms with Gasteiger partial charge in [-0.05, 0) is 0 Å². The highest BCUT2D eigenvalue weighted by Crippen LogP contribution is 2.08. The Morgan fingerprint density at radius 2 is 2.44 bits per heavy atom. The lowest BCUT2D eigenvalue weighted by molar-refractivity contribution is 0.0685. The van der Waals surface area contributed by atoms with Crippen LogP contribution in [0.15, 0.2) is 18.7 Å². The summed E-state index contributed by atoms with van der Waals surface area (Å²) in [7, 11) is 1.46. The first-order valence-electron chi connectivity index (χ1n) is 4.36. The van der Waals surface area contributed by atoms with E-state index in [2.05, 4.69) is 21.7 Å². The molecule has 16 heavy (non-hydrogen) atoms. The molecular formula is C9H11N3O4. The summed E-state index contributed by atoms with van der Waals surface area (Å²) in [5, 5.41) is 14.8. The molecule has 1 amide bonds. The lowest BCUT2D eigenvalue weighted by atomic mass is 10.4. The highest BCUT2D eigenvalue weighted by Gasteiger charge is 2.13. The van der Waals surface area contributed by atoms with Crippen molar-refractivity contribution in [2.75, 3.05) is 11.9 Å². The second-order valence-electron chi connectivity index (χ2n) is 2.86. The number of aromatic carboxylic acids is 1. The summed E-state index contributed by atoms with van der Waals surface area (Å²) in [6, 6.07) is 1.23. The molecule has 0 aliphatic rings. The van der Waals surface area contributed by atoms with Gasteiger partial charge < -0.3 is 9.84 Å². The Hall–Kier alpha value is -2.31. The molecule has 86 valence electrons. The minimum Gasteiger partial charge on any atom is -0.477 e. The van der Waals surface area contributed by atoms with Crippen molar-refractivity contribution in [1.29, 1.82) is 0 Å². The number of nitrogens with one attached hydrogen (secondary N) is 1. The summed E-state index contributed by atoms with van der Waals surface area (Å²) >= 11 is 0. The Kier molecular flexibility index (Phi) is 3.65. The zero-order valence-electron chi connectivity index (χ0n) is 8.64. The molecule has 0 atom stereocenters. The van der Waals surface area contributed by atoms with Gasteiger partial charge in [0.15, 0.2) is 5.82 Å². The Labute approximate surface area is 91.3 Å². The predicted molar refractivity (Wildman–Crippen MR) is 55.3 cm³/mol. The van der Waals surface area contributed by atoms with E-state index in [1.165, 1.54) is 19.2 Å². The van der Waals surface area contributed by atoms with E-state index in [0.29, 0.717) is 0 Å². The van der Waals surface area contributed by atoms with Crippen molar-refractivity contribution < 1.29 is 19.4 Å². The van der Waals surface area contributed by atoms with Crippen LogP contribution in [0.25, 0.3) is 0 Å². The molecule has 1 heterocycles. The Morgan fingerprint density at radius 3 is 2.94 bits per heavy atom. The van der Waals surface area contributed by atoms with Gasteiger partial charge in [0, 0.05) is 13.1 Å². The van der Waals surface area contributed by atoms with Crippen molar-refractivity contribution in [3.8, 4) is 0 Å². The molecule has 1 rings (SSSR count). The highest BCUT2D eigenvalue weighted by molar-refractivity contribution is 5.89. The van der Waals surface area contributed by atoms with Gasteiger partial charge in [0.1, 0.15) is 12.3 Å². The topological polar surface area (TPSA) is 93.5 Å². The zero-order chi connectivity index (χ0) is 12.1. The molecule has 0 aliphatic heterocycles. The van der Waals surface area contributed by atoms with E-state index in [1.807, 2.05) is 0 Å². The normalized spacial score (nSPS) is 9.56. The van der Waals surface area contributed by atoms with E-state index in [0.717, 1.165) is 4.68 Å². The average Bonchev–Trinajstić information content (AvgIpc) is 2.56. The van der Waals surface area contributed by atoms with E-state index in [4.69, 9.17) is 5.11 Å². The van der Waals surface area contributed by atoms with E-state index in [-0.39, 0.29) is 18.1 Å². The van der Waals surface area contributed by atoms with Crippen LogP contribution in [0.1, 0.15) is 10.5 Å². The van der Waals surface area contributed by atoms with Crippen LogP contribution in [0, 0.1) is 0 Å². The van der Waals surface area contributed by atoms with Crippen LogP contribution in [-0.2, 0) is 11.8 Å². The van der Waals surface area contributed by atoms with Gasteiger partial charge in [0.25, 0.3) is 0 Å². The quantitative estimate of drug-likeness (QED) is 0.741. The molecule has 0 fully saturated rings. The maximum absolute atomic E-state index is 11.1. The molecule has 0 saturated carbocycles. The SMILES string of the molecule is C=CCOC(=O)Nc1cc(C(=O)O)n(C)n1. The van der Waals surface area contributed by atoms with Crippen LogP contribution in [0.5, 0.6) is 0 Å². The summed E-state index contributed by atoms with van der Waals surface area (Å²) in [5.74, 6) is -1.00. The Morgan fingerprint density at radius 1 is 1.75 bits per heavy atom. The summed E-state index contributed by atoms with van der Waals surface area (Å²) in [6.07, 6.45) is 0.704. The lowest BCUT2D eigenvalue weighted by Crippen LogP contribution is -2.14. The number of hydrogen-bond acceptors (Lipinski definition) is 4. The largest absolute Gasteiger partial charge is 0.477 e. The summed E-state index contributed by atoms with van der Waals surface area (Å²) in [5.41, 5.74) is -0.0287. The molecule has 0 spiro atoms. The summed E-state index contributed by atoms with van der Waals surface area (Å²) in [6.45, 7) is 3.45. The van der Waals surface area contributed by atoms with Crippen molar-refractivity contribution in [3.05, 3.63) is 24.4 Å². The molecule has 1 aromatic rings. The van der Waals surface area contributed by atoms with Crippen molar-refractivity contribution in [3.63, 3.8) is 0 Å². The number of hydrogen-bond donors (Lipinski definition) is 2. The number of carboxylic acids is 1. The molecule has 2 N–H and O–H groups in total. The molecule has 0 saturated heterocycles. The molecule has 0 aliphatic carbocycles. The number of carbonyl (C=O) groups excluding carboxylic acids is 1. The number of aromatic nitrogens is 2. The third-order valence-electron chi connectivity index (χ3n) is 1.66. The number of ether oxygens (including phenoxy) is 1. The molecule has 0 aromatic carbocycles. The summed E-state index contributed by atoms with van der Waals surface area (Å²) in [4.78, 5) is 21.8. The van der Waals surface area contributed by atoms with Crippen LogP contribution in [0.3, 0.4) is 0 Å². The van der Waals surface area contributed by atoms with Gasteiger partial charge in [-0.1, -0.05) is 12.7 Å². The van der Waals surface area contributed by atoms with Crippen LogP contribution >= 0.6 is 0 Å². The lowest BCUT2D eigenvalue weighted by Gasteiger charge is -2.00. The maximum Gasteiger partial charge on any atom is 0.413 e. The Bertz CT molecular complexity index is 424. The van der Waals surface area contributed by atoms with Gasteiger partial charge in [0.2, 0.25) is 0 Å². The Balaban J connectivity index is 2.68. The number of aryl methyl sites for hydroxylation is 1. The van der Waals surface area contributed by atoms with Gasteiger partial charge in [-0.3, -0.25) is 10.00 Å². The highest BCUT2D eigenvalue weighted by atomic mass is 16.5. The molecule has 0 bridgehead atoms. The van der Waals surface area contributed by atoms with E-state index < -0.39 is 12.1 Å². The molecular weight excluding hydrogens is 214 g/mol. The number of anilines is 1. The fraction of sp³-hybridized carbons (Fsp3) is 0.222. The fourth-order valence-electron chi connectivity index (χ4n) is 1.00. The van der Waals surface area contributed by atoms with Gasteiger partial charge in [-0.25, -0.2) is 9.59 Å². The predicted octanol–water partition coefficient (Wildman–Crippen LogP) is 0.853. The van der Waals surface area contributed by atoms with E-state index in [1.54, 1.807) is 0 Å². The van der Waals surface area contributed by atoms with Gasteiger partial charge >= 0.3 is 12.1 Å². The standard InChI is InChI=1S/C9H11N3O4/c1-3-4-16-9(15)10-7-5-6(8(13)14)12(2)11-7/h3,5H,1,4H2,2H3,(H,13,14)(H,10,11,15). The third kappa shape index (κ3) is 2.84. The monoisotopic (exact) mass is 225 g/mol. The minimum absolute atomic E-state index is 0.0287. The number of rotatable bonds is 4. The molecule has 0 unspecified atom stereocenters. The number of carboxylic acid groups (broad SMARTS) is 1. The van der Waals surface area contributed by atoms with Gasteiger partial charge in [-0.15, -0.1) is 0 Å². The molecule has 7 heteroatoms. The first kappa shape index (κ1) is 11.8. The van der Waals surface area contributed by atoms with E-state index in [9.17, 15) is 9.59 Å². The van der Waals surface area contributed by atoms with Crippen molar-refractivity contribution in [2.45, 2.75) is 0 Å². The number of nitrogens with zero attached hydrogens (tertiary/aromatic N) is 2. The van der Waals surface area contributed by atoms with E-state index >= 15 is 0 Å². The molecule has 1 aromatic heterocycles. The maximum atomic E-state index is 11.1. The summed E-state index contributed by atoms with van der Waals surface area (Å²) < 4.78 is 5.78. The second-order valence-corrected chi connectivity index (χ2v) is 2.86. The fourth-order valence-corrected chi connectivity index (χ4v) is 1.00. The second kappa shape index (κ2) is 4.96. The number of carbonyl (C=O) groups is 2. The van der Waals surface area contributed by atoms with Crippen LogP contribution in [0.2, 0.25) is 0 Å².